The molecular weight excluding hydrogens is 346 g/mol. The number of benzene rings is 1. The summed E-state index contributed by atoms with van der Waals surface area (Å²) in [5.41, 5.74) is 0.517. The first kappa shape index (κ1) is 15.8. The normalized spacial score (nSPS) is 19.6. The summed E-state index contributed by atoms with van der Waals surface area (Å²) in [5, 5.41) is 10.1. The van der Waals surface area contributed by atoms with Crippen molar-refractivity contribution in [1.82, 2.24) is 4.90 Å². The van der Waals surface area contributed by atoms with Crippen LogP contribution in [0.15, 0.2) is 50.8 Å². The van der Waals surface area contributed by atoms with Gasteiger partial charge in [-0.15, -0.1) is 11.8 Å². The lowest BCUT2D eigenvalue weighted by Crippen LogP contribution is -2.54. The highest BCUT2D eigenvalue weighted by atomic mass is 32.2. The average Bonchev–Trinajstić information content (AvgIpc) is 2.58. The zero-order valence-corrected chi connectivity index (χ0v) is 13.7. The molecule has 25 heavy (non-hydrogen) atoms. The molecule has 1 fully saturated rings. The van der Waals surface area contributed by atoms with Crippen molar-refractivity contribution in [3.63, 3.8) is 0 Å². The van der Waals surface area contributed by atoms with E-state index in [4.69, 9.17) is 9.15 Å². The van der Waals surface area contributed by atoms with Crippen LogP contribution >= 0.6 is 11.8 Å². The highest BCUT2D eigenvalue weighted by molar-refractivity contribution is 8.00. The molecule has 0 bridgehead atoms. The van der Waals surface area contributed by atoms with Crippen molar-refractivity contribution in [1.29, 1.82) is 0 Å². The minimum atomic E-state index is -1.12. The number of amides is 1. The number of fused-ring (bicyclic) bond motifs is 2. The summed E-state index contributed by atoms with van der Waals surface area (Å²) in [5.74, 6) is -0.346. The fourth-order valence-electron chi connectivity index (χ4n) is 2.89. The molecule has 1 atom stereocenters. The number of β-lactam (4-membered cyclic amide) rings is 1. The molecule has 3 heterocycles. The number of hydrogen-bond acceptors (Lipinski definition) is 6. The van der Waals surface area contributed by atoms with Gasteiger partial charge in [0.1, 0.15) is 23.6 Å². The number of carbonyl (C=O) groups is 2. The molecule has 0 unspecified atom stereocenters. The van der Waals surface area contributed by atoms with Gasteiger partial charge in [0.15, 0.2) is 0 Å². The molecule has 2 aromatic rings. The van der Waals surface area contributed by atoms with Crippen molar-refractivity contribution in [3.8, 4) is 5.75 Å². The Bertz CT molecular complexity index is 979. The highest BCUT2D eigenvalue weighted by Crippen LogP contribution is 2.40. The third-order valence-electron chi connectivity index (χ3n) is 4.14. The Kier molecular flexibility index (Phi) is 3.76. The van der Waals surface area contributed by atoms with Gasteiger partial charge >= 0.3 is 11.6 Å². The lowest BCUT2D eigenvalue weighted by Gasteiger charge is -2.43. The number of thioether (sulfide) groups is 1. The summed E-state index contributed by atoms with van der Waals surface area (Å²) in [6.07, 6.45) is 0.374. The summed E-state index contributed by atoms with van der Waals surface area (Å²) in [6, 6.07) is 8.06. The van der Waals surface area contributed by atoms with Crippen molar-refractivity contribution < 1.29 is 23.8 Å². The van der Waals surface area contributed by atoms with Gasteiger partial charge in [0.2, 0.25) is 5.91 Å². The molecule has 1 aromatic heterocycles. The predicted octanol–water partition coefficient (Wildman–Crippen LogP) is 1.82. The molecule has 1 amide bonds. The van der Waals surface area contributed by atoms with Crippen molar-refractivity contribution in [2.45, 2.75) is 11.8 Å². The number of ether oxygens (including phenoxy) is 1. The average molecular weight is 359 g/mol. The molecule has 1 saturated heterocycles. The molecule has 0 aliphatic carbocycles. The van der Waals surface area contributed by atoms with Crippen LogP contribution < -0.4 is 10.4 Å². The predicted molar refractivity (Wildman–Crippen MR) is 90.3 cm³/mol. The van der Waals surface area contributed by atoms with E-state index in [0.717, 1.165) is 5.39 Å². The number of carbonyl (C=O) groups excluding carboxylic acids is 1. The van der Waals surface area contributed by atoms with Crippen molar-refractivity contribution in [2.75, 3.05) is 12.4 Å². The molecule has 1 N–H and O–H groups in total. The first-order valence-electron chi connectivity index (χ1n) is 7.58. The maximum atomic E-state index is 11.7. The Morgan fingerprint density at radius 2 is 2.12 bits per heavy atom. The van der Waals surface area contributed by atoms with Gasteiger partial charge in [0, 0.05) is 28.8 Å². The van der Waals surface area contributed by atoms with Crippen LogP contribution in [0, 0.1) is 0 Å². The monoisotopic (exact) mass is 359 g/mol. The largest absolute Gasteiger partial charge is 0.489 e. The molecule has 0 radical (unpaired) electrons. The fourth-order valence-corrected chi connectivity index (χ4v) is 4.14. The Morgan fingerprint density at radius 1 is 1.32 bits per heavy atom. The molecule has 4 rings (SSSR count). The third-order valence-corrected chi connectivity index (χ3v) is 5.42. The van der Waals surface area contributed by atoms with E-state index in [1.165, 1.54) is 22.7 Å². The van der Waals surface area contributed by atoms with Crippen LogP contribution in [0.2, 0.25) is 0 Å². The van der Waals surface area contributed by atoms with E-state index in [0.29, 0.717) is 29.1 Å². The second kappa shape index (κ2) is 5.96. The minimum absolute atomic E-state index is 0.0207. The summed E-state index contributed by atoms with van der Waals surface area (Å²) in [6.45, 7) is 0.0493. The van der Waals surface area contributed by atoms with Gasteiger partial charge in [-0.05, 0) is 18.2 Å². The minimum Gasteiger partial charge on any atom is -0.489 e. The van der Waals surface area contributed by atoms with Gasteiger partial charge in [-0.2, -0.15) is 0 Å². The number of rotatable bonds is 4. The van der Waals surface area contributed by atoms with Crippen LogP contribution in [0.4, 0.5) is 0 Å². The van der Waals surface area contributed by atoms with E-state index in [1.54, 1.807) is 24.3 Å². The third kappa shape index (κ3) is 2.78. The first-order chi connectivity index (χ1) is 12.0. The van der Waals surface area contributed by atoms with E-state index >= 15 is 0 Å². The molecule has 8 heteroatoms. The summed E-state index contributed by atoms with van der Waals surface area (Å²) >= 11 is 1.53. The van der Waals surface area contributed by atoms with Gasteiger partial charge in [-0.3, -0.25) is 9.69 Å². The number of carboxylic acid groups (broad SMARTS) is 1. The number of carboxylic acids is 1. The fraction of sp³-hybridized carbons (Fsp3) is 0.235. The van der Waals surface area contributed by atoms with Crippen LogP contribution in [-0.2, 0) is 9.59 Å². The van der Waals surface area contributed by atoms with E-state index in [-0.39, 0.29) is 23.6 Å². The maximum absolute atomic E-state index is 11.7. The second-order valence-electron chi connectivity index (χ2n) is 5.73. The lowest BCUT2D eigenvalue weighted by atomic mass is 10.1. The molecule has 128 valence electrons. The van der Waals surface area contributed by atoms with Crippen molar-refractivity contribution >= 4 is 34.6 Å². The standard InChI is InChI=1S/C17H13NO6S/c19-13-6-14-18(13)16(17(21)22)10(8-25-14)7-23-11-3-1-9-2-4-15(20)24-12(9)5-11/h1-5,14H,6-8H2,(H,21,22)/t14-/m1/s1. The molecule has 1 aromatic carbocycles. The Hall–Kier alpha value is -2.74. The van der Waals surface area contributed by atoms with E-state index in [1.807, 2.05) is 0 Å². The smallest absolute Gasteiger partial charge is 0.352 e. The lowest BCUT2D eigenvalue weighted by molar-refractivity contribution is -0.146. The summed E-state index contributed by atoms with van der Waals surface area (Å²) in [7, 11) is 0. The van der Waals surface area contributed by atoms with Crippen LogP contribution in [0.5, 0.6) is 5.75 Å². The van der Waals surface area contributed by atoms with E-state index in [2.05, 4.69) is 0 Å². The molecular formula is C17H13NO6S. The van der Waals surface area contributed by atoms with Crippen LogP contribution in [-0.4, -0.2) is 39.6 Å². The molecule has 2 aliphatic heterocycles. The van der Waals surface area contributed by atoms with Gasteiger partial charge < -0.3 is 14.3 Å². The van der Waals surface area contributed by atoms with Crippen molar-refractivity contribution in [3.05, 3.63) is 52.0 Å². The summed E-state index contributed by atoms with van der Waals surface area (Å²) < 4.78 is 10.8. The number of hydrogen-bond donors (Lipinski definition) is 1. The van der Waals surface area contributed by atoms with Crippen LogP contribution in [0.3, 0.4) is 0 Å². The number of nitrogens with zero attached hydrogens (tertiary/aromatic N) is 1. The molecule has 7 nitrogen and oxygen atoms in total. The summed E-state index contributed by atoms with van der Waals surface area (Å²) in [4.78, 5) is 35.9. The Labute approximate surface area is 145 Å². The quantitative estimate of drug-likeness (QED) is 0.657. The van der Waals surface area contributed by atoms with Crippen molar-refractivity contribution in [2.24, 2.45) is 0 Å². The second-order valence-corrected chi connectivity index (χ2v) is 6.90. The topological polar surface area (TPSA) is 97.0 Å². The van der Waals surface area contributed by atoms with Crippen LogP contribution in [0.1, 0.15) is 6.42 Å². The van der Waals surface area contributed by atoms with E-state index in [9.17, 15) is 19.5 Å². The number of aliphatic carboxylic acids is 1. The van der Waals surface area contributed by atoms with Gasteiger partial charge in [0.25, 0.3) is 0 Å². The van der Waals surface area contributed by atoms with Gasteiger partial charge in [-0.1, -0.05) is 0 Å². The Balaban J connectivity index is 1.59. The van der Waals surface area contributed by atoms with Gasteiger partial charge in [-0.25, -0.2) is 9.59 Å². The van der Waals surface area contributed by atoms with Gasteiger partial charge in [0.05, 0.1) is 11.8 Å². The highest BCUT2D eigenvalue weighted by Gasteiger charge is 2.45. The molecule has 2 aliphatic rings. The molecule has 0 saturated carbocycles. The zero-order chi connectivity index (χ0) is 17.6. The zero-order valence-electron chi connectivity index (χ0n) is 12.9. The SMILES string of the molecule is O=C(O)C1=C(COc2ccc3ccc(=O)oc3c2)CS[C@@H]2CC(=O)N12. The Morgan fingerprint density at radius 3 is 2.88 bits per heavy atom. The molecule has 0 spiro atoms. The maximum Gasteiger partial charge on any atom is 0.352 e. The first-order valence-corrected chi connectivity index (χ1v) is 8.63. The van der Waals surface area contributed by atoms with Crippen LogP contribution in [0.25, 0.3) is 11.0 Å². The van der Waals surface area contributed by atoms with E-state index < -0.39 is 11.6 Å².